The standard InChI is InChI=1S/C17H28N6O/c1-21-14-17(12-20-21)22-8-3-5-15(13-22)18-11-16-6-7-19-23(16)9-4-10-24-2/h6-7,12,14-15,18H,3-5,8-11,13H2,1-2H3. The molecule has 2 aromatic rings. The van der Waals surface area contributed by atoms with E-state index in [-0.39, 0.29) is 0 Å². The second kappa shape index (κ2) is 8.30. The van der Waals surface area contributed by atoms with E-state index in [4.69, 9.17) is 4.74 Å². The lowest BCUT2D eigenvalue weighted by atomic mass is 10.1. The first-order valence-electron chi connectivity index (χ1n) is 8.73. The molecule has 1 aliphatic rings. The van der Waals surface area contributed by atoms with Crippen LogP contribution in [0.4, 0.5) is 5.69 Å². The number of aromatic nitrogens is 4. The number of aryl methyl sites for hydroxylation is 2. The van der Waals surface area contributed by atoms with Gasteiger partial charge in [0.1, 0.15) is 0 Å². The Balaban J connectivity index is 1.50. The minimum atomic E-state index is 0.501. The molecule has 24 heavy (non-hydrogen) atoms. The van der Waals surface area contributed by atoms with Gasteiger partial charge in [0.25, 0.3) is 0 Å². The van der Waals surface area contributed by atoms with E-state index in [1.54, 1.807) is 7.11 Å². The predicted octanol–water partition coefficient (Wildman–Crippen LogP) is 1.41. The molecule has 1 atom stereocenters. The fourth-order valence-electron chi connectivity index (χ4n) is 3.27. The van der Waals surface area contributed by atoms with E-state index < -0.39 is 0 Å². The maximum atomic E-state index is 5.12. The first kappa shape index (κ1) is 17.0. The summed E-state index contributed by atoms with van der Waals surface area (Å²) in [6, 6.07) is 2.60. The van der Waals surface area contributed by atoms with Crippen LogP contribution in [0.15, 0.2) is 24.7 Å². The molecule has 132 valence electrons. The molecule has 1 saturated heterocycles. The van der Waals surface area contributed by atoms with Crippen molar-refractivity contribution in [2.24, 2.45) is 7.05 Å². The van der Waals surface area contributed by atoms with Gasteiger partial charge < -0.3 is 15.0 Å². The van der Waals surface area contributed by atoms with Crippen LogP contribution in [0, 0.1) is 0 Å². The molecular formula is C17H28N6O. The van der Waals surface area contributed by atoms with Crippen LogP contribution < -0.4 is 10.2 Å². The fourth-order valence-corrected chi connectivity index (χ4v) is 3.27. The highest BCUT2D eigenvalue weighted by Gasteiger charge is 2.20. The van der Waals surface area contributed by atoms with E-state index >= 15 is 0 Å². The van der Waals surface area contributed by atoms with Gasteiger partial charge >= 0.3 is 0 Å². The van der Waals surface area contributed by atoms with Crippen molar-refractivity contribution in [3.8, 4) is 0 Å². The Morgan fingerprint density at radius 3 is 3.08 bits per heavy atom. The van der Waals surface area contributed by atoms with Crippen molar-refractivity contribution in [3.63, 3.8) is 0 Å². The highest BCUT2D eigenvalue weighted by molar-refractivity contribution is 5.42. The predicted molar refractivity (Wildman–Crippen MR) is 94.0 cm³/mol. The molecule has 1 aliphatic heterocycles. The van der Waals surface area contributed by atoms with E-state index in [9.17, 15) is 0 Å². The maximum absolute atomic E-state index is 5.12. The second-order valence-electron chi connectivity index (χ2n) is 6.43. The molecule has 0 spiro atoms. The Morgan fingerprint density at radius 1 is 1.38 bits per heavy atom. The van der Waals surface area contributed by atoms with Crippen molar-refractivity contribution in [2.45, 2.75) is 38.4 Å². The third kappa shape index (κ3) is 4.36. The summed E-state index contributed by atoms with van der Waals surface area (Å²) < 4.78 is 9.06. The second-order valence-corrected chi connectivity index (χ2v) is 6.43. The van der Waals surface area contributed by atoms with E-state index in [0.717, 1.165) is 39.2 Å². The number of hydrogen-bond donors (Lipinski definition) is 1. The zero-order chi connectivity index (χ0) is 16.8. The summed E-state index contributed by atoms with van der Waals surface area (Å²) in [6.07, 6.45) is 9.34. The molecule has 0 amide bonds. The van der Waals surface area contributed by atoms with E-state index in [1.165, 1.54) is 24.2 Å². The van der Waals surface area contributed by atoms with Gasteiger partial charge in [-0.1, -0.05) is 0 Å². The van der Waals surface area contributed by atoms with Gasteiger partial charge in [-0.05, 0) is 25.3 Å². The number of methoxy groups -OCH3 is 1. The molecule has 0 aromatic carbocycles. The van der Waals surface area contributed by atoms with Gasteiger partial charge in [-0.3, -0.25) is 9.36 Å². The van der Waals surface area contributed by atoms with Crippen molar-refractivity contribution in [3.05, 3.63) is 30.4 Å². The van der Waals surface area contributed by atoms with Crippen LogP contribution >= 0.6 is 0 Å². The Morgan fingerprint density at radius 2 is 2.29 bits per heavy atom. The molecule has 3 heterocycles. The lowest BCUT2D eigenvalue weighted by Crippen LogP contribution is -2.45. The number of ether oxygens (including phenoxy) is 1. The Labute approximate surface area is 143 Å². The first-order valence-corrected chi connectivity index (χ1v) is 8.73. The maximum Gasteiger partial charge on any atom is 0.0752 e. The molecule has 0 aliphatic carbocycles. The van der Waals surface area contributed by atoms with Crippen molar-refractivity contribution in [1.82, 2.24) is 24.9 Å². The molecule has 0 radical (unpaired) electrons. The minimum absolute atomic E-state index is 0.501. The van der Waals surface area contributed by atoms with Gasteiger partial charge in [0.2, 0.25) is 0 Å². The number of rotatable bonds is 8. The van der Waals surface area contributed by atoms with Crippen molar-refractivity contribution in [2.75, 3.05) is 31.7 Å². The van der Waals surface area contributed by atoms with Gasteiger partial charge in [0.15, 0.2) is 0 Å². The molecule has 3 rings (SSSR count). The average molecular weight is 332 g/mol. The largest absolute Gasteiger partial charge is 0.385 e. The third-order valence-electron chi connectivity index (χ3n) is 4.57. The molecule has 0 bridgehead atoms. The Kier molecular flexibility index (Phi) is 5.87. The molecule has 0 saturated carbocycles. The van der Waals surface area contributed by atoms with Gasteiger partial charge in [-0.25, -0.2) is 0 Å². The summed E-state index contributed by atoms with van der Waals surface area (Å²) in [6.45, 7) is 4.68. The number of nitrogens with one attached hydrogen (secondary N) is 1. The van der Waals surface area contributed by atoms with Crippen molar-refractivity contribution >= 4 is 5.69 Å². The zero-order valence-corrected chi connectivity index (χ0v) is 14.7. The monoisotopic (exact) mass is 332 g/mol. The van der Waals surface area contributed by atoms with Crippen molar-refractivity contribution in [1.29, 1.82) is 0 Å². The molecule has 1 fully saturated rings. The van der Waals surface area contributed by atoms with Gasteiger partial charge in [0, 0.05) is 65.4 Å². The number of nitrogens with zero attached hydrogens (tertiary/aromatic N) is 5. The Bertz CT molecular complexity index is 622. The smallest absolute Gasteiger partial charge is 0.0752 e. The van der Waals surface area contributed by atoms with Crippen LogP contribution in [-0.4, -0.2) is 52.4 Å². The quantitative estimate of drug-likeness (QED) is 0.741. The summed E-state index contributed by atoms with van der Waals surface area (Å²) in [7, 11) is 3.70. The molecule has 2 aromatic heterocycles. The lowest BCUT2D eigenvalue weighted by molar-refractivity contribution is 0.188. The van der Waals surface area contributed by atoms with Crippen LogP contribution in [-0.2, 0) is 24.9 Å². The van der Waals surface area contributed by atoms with Crippen LogP contribution in [0.1, 0.15) is 25.0 Å². The van der Waals surface area contributed by atoms with Crippen molar-refractivity contribution < 1.29 is 4.74 Å². The normalized spacial score (nSPS) is 18.2. The Hall–Kier alpha value is -1.86. The highest BCUT2D eigenvalue weighted by Crippen LogP contribution is 2.19. The SMILES string of the molecule is COCCCn1nccc1CNC1CCCN(c2cnn(C)c2)C1. The molecule has 7 nitrogen and oxygen atoms in total. The topological polar surface area (TPSA) is 60.1 Å². The number of hydrogen-bond acceptors (Lipinski definition) is 5. The van der Waals surface area contributed by atoms with E-state index in [2.05, 4.69) is 37.4 Å². The lowest BCUT2D eigenvalue weighted by Gasteiger charge is -2.34. The fraction of sp³-hybridized carbons (Fsp3) is 0.647. The summed E-state index contributed by atoms with van der Waals surface area (Å²) >= 11 is 0. The third-order valence-corrected chi connectivity index (χ3v) is 4.57. The number of anilines is 1. The highest BCUT2D eigenvalue weighted by atomic mass is 16.5. The molecule has 1 unspecified atom stereocenters. The summed E-state index contributed by atoms with van der Waals surface area (Å²) in [4.78, 5) is 2.42. The van der Waals surface area contributed by atoms with E-state index in [1.807, 2.05) is 24.1 Å². The summed E-state index contributed by atoms with van der Waals surface area (Å²) in [5, 5.41) is 12.4. The van der Waals surface area contributed by atoms with Crippen LogP contribution in [0.25, 0.3) is 0 Å². The summed E-state index contributed by atoms with van der Waals surface area (Å²) in [5.41, 5.74) is 2.46. The minimum Gasteiger partial charge on any atom is -0.385 e. The van der Waals surface area contributed by atoms with E-state index in [0.29, 0.717) is 6.04 Å². The first-order chi connectivity index (χ1) is 11.8. The van der Waals surface area contributed by atoms with Crippen LogP contribution in [0.5, 0.6) is 0 Å². The van der Waals surface area contributed by atoms with Gasteiger partial charge in [-0.2, -0.15) is 10.2 Å². The molecule has 7 heteroatoms. The molecule has 1 N–H and O–H groups in total. The van der Waals surface area contributed by atoms with Crippen LogP contribution in [0.3, 0.4) is 0 Å². The average Bonchev–Trinajstić information content (AvgIpc) is 3.22. The zero-order valence-electron chi connectivity index (χ0n) is 14.7. The number of piperidine rings is 1. The van der Waals surface area contributed by atoms with Crippen LogP contribution in [0.2, 0.25) is 0 Å². The summed E-state index contributed by atoms with van der Waals surface area (Å²) in [5.74, 6) is 0. The van der Waals surface area contributed by atoms with Gasteiger partial charge in [0.05, 0.1) is 17.6 Å². The molecular weight excluding hydrogens is 304 g/mol. The van der Waals surface area contributed by atoms with Gasteiger partial charge in [-0.15, -0.1) is 0 Å².